The number of carboxylic acid groups (broad SMARTS) is 1. The SMILES string of the molecule is O=C(NCc1ccc(C(=O)O)o1)c1c[nH]c(=O)cn1. The highest BCUT2D eigenvalue weighted by atomic mass is 16.4. The number of carbonyl (C=O) groups is 2. The van der Waals surface area contributed by atoms with Gasteiger partial charge in [-0.1, -0.05) is 0 Å². The Hall–Kier alpha value is -2.90. The van der Waals surface area contributed by atoms with Crippen molar-refractivity contribution in [2.24, 2.45) is 0 Å². The van der Waals surface area contributed by atoms with Crippen LogP contribution in [0.25, 0.3) is 0 Å². The summed E-state index contributed by atoms with van der Waals surface area (Å²) in [5.41, 5.74) is -0.363. The highest BCUT2D eigenvalue weighted by Gasteiger charge is 2.11. The van der Waals surface area contributed by atoms with Crippen LogP contribution >= 0.6 is 0 Å². The molecule has 98 valence electrons. The molecule has 8 nitrogen and oxygen atoms in total. The minimum Gasteiger partial charge on any atom is -0.475 e. The zero-order valence-electron chi connectivity index (χ0n) is 9.54. The lowest BCUT2D eigenvalue weighted by Crippen LogP contribution is -2.24. The average Bonchev–Trinajstić information content (AvgIpc) is 2.86. The number of aromatic carboxylic acids is 1. The summed E-state index contributed by atoms with van der Waals surface area (Å²) in [5.74, 6) is -1.59. The summed E-state index contributed by atoms with van der Waals surface area (Å²) in [6, 6.07) is 2.74. The van der Waals surface area contributed by atoms with Crippen LogP contribution in [0.4, 0.5) is 0 Å². The zero-order valence-corrected chi connectivity index (χ0v) is 9.54. The number of carbonyl (C=O) groups excluding carboxylic acids is 1. The maximum absolute atomic E-state index is 11.6. The molecule has 19 heavy (non-hydrogen) atoms. The fourth-order valence-corrected chi connectivity index (χ4v) is 1.31. The number of furan rings is 1. The fourth-order valence-electron chi connectivity index (χ4n) is 1.31. The van der Waals surface area contributed by atoms with Crippen LogP contribution in [0, 0.1) is 0 Å². The molecule has 0 aliphatic rings. The lowest BCUT2D eigenvalue weighted by molar-refractivity contribution is 0.0660. The summed E-state index contributed by atoms with van der Waals surface area (Å²) in [7, 11) is 0. The van der Waals surface area contributed by atoms with Crippen LogP contribution in [0.15, 0.2) is 33.7 Å². The van der Waals surface area contributed by atoms with Gasteiger partial charge in [-0.05, 0) is 12.1 Å². The van der Waals surface area contributed by atoms with Crippen LogP contribution in [0.1, 0.15) is 26.8 Å². The van der Waals surface area contributed by atoms with Gasteiger partial charge in [0, 0.05) is 6.20 Å². The number of nitrogens with zero attached hydrogens (tertiary/aromatic N) is 1. The van der Waals surface area contributed by atoms with Gasteiger partial charge in [-0.3, -0.25) is 9.59 Å². The maximum Gasteiger partial charge on any atom is 0.371 e. The molecule has 0 atom stereocenters. The van der Waals surface area contributed by atoms with Gasteiger partial charge in [-0.25, -0.2) is 9.78 Å². The topological polar surface area (TPSA) is 125 Å². The largest absolute Gasteiger partial charge is 0.475 e. The van der Waals surface area contributed by atoms with Gasteiger partial charge in [0.25, 0.3) is 11.5 Å². The van der Waals surface area contributed by atoms with Crippen LogP contribution < -0.4 is 10.9 Å². The fraction of sp³-hybridized carbons (Fsp3) is 0.0909. The minimum atomic E-state index is -1.18. The first-order valence-electron chi connectivity index (χ1n) is 5.21. The Bertz CT molecular complexity index is 652. The normalized spacial score (nSPS) is 10.1. The first kappa shape index (κ1) is 12.6. The van der Waals surface area contributed by atoms with Gasteiger partial charge in [0.15, 0.2) is 0 Å². The smallest absolute Gasteiger partial charge is 0.371 e. The quantitative estimate of drug-likeness (QED) is 0.712. The summed E-state index contributed by atoms with van der Waals surface area (Å²) in [4.78, 5) is 38.9. The predicted octanol–water partition coefficient (Wildman–Crippen LogP) is -0.00890. The molecule has 0 aromatic carbocycles. The van der Waals surface area contributed by atoms with E-state index in [1.807, 2.05) is 0 Å². The van der Waals surface area contributed by atoms with Gasteiger partial charge < -0.3 is 19.8 Å². The molecule has 0 fully saturated rings. The monoisotopic (exact) mass is 263 g/mol. The van der Waals surface area contributed by atoms with Crippen LogP contribution in [-0.4, -0.2) is 27.0 Å². The third kappa shape index (κ3) is 3.06. The van der Waals surface area contributed by atoms with Gasteiger partial charge in [0.05, 0.1) is 12.7 Å². The third-order valence-electron chi connectivity index (χ3n) is 2.20. The summed E-state index contributed by atoms with van der Waals surface area (Å²) >= 11 is 0. The lowest BCUT2D eigenvalue weighted by Gasteiger charge is -2.01. The number of hydrogen-bond donors (Lipinski definition) is 3. The van der Waals surface area contributed by atoms with Crippen molar-refractivity contribution in [3.63, 3.8) is 0 Å². The van der Waals surface area contributed by atoms with Crippen molar-refractivity contribution in [1.29, 1.82) is 0 Å². The van der Waals surface area contributed by atoms with Crippen molar-refractivity contribution in [2.75, 3.05) is 0 Å². The third-order valence-corrected chi connectivity index (χ3v) is 2.20. The number of hydrogen-bond acceptors (Lipinski definition) is 5. The molecule has 2 aromatic rings. The van der Waals surface area contributed by atoms with Crippen LogP contribution in [0.5, 0.6) is 0 Å². The minimum absolute atomic E-state index is 0.0208. The van der Waals surface area contributed by atoms with Crippen LogP contribution in [-0.2, 0) is 6.54 Å². The number of H-pyrrole nitrogens is 1. The Morgan fingerprint density at radius 3 is 2.79 bits per heavy atom. The number of aromatic amines is 1. The second-order valence-corrected chi connectivity index (χ2v) is 3.55. The Balaban J connectivity index is 1.98. The average molecular weight is 263 g/mol. The molecule has 2 heterocycles. The zero-order chi connectivity index (χ0) is 13.8. The number of rotatable bonds is 4. The van der Waals surface area contributed by atoms with E-state index in [0.717, 1.165) is 6.20 Å². The Kier molecular flexibility index (Phi) is 3.42. The predicted molar refractivity (Wildman–Crippen MR) is 61.7 cm³/mol. The number of nitrogens with one attached hydrogen (secondary N) is 2. The van der Waals surface area contributed by atoms with E-state index < -0.39 is 17.4 Å². The first-order chi connectivity index (χ1) is 9.06. The standard InChI is InChI=1S/C11H9N3O5/c15-9-5-12-7(4-13-9)10(16)14-3-6-1-2-8(19-6)11(17)18/h1-2,4-5H,3H2,(H,13,15)(H,14,16)(H,17,18). The van der Waals surface area contributed by atoms with Crippen molar-refractivity contribution in [2.45, 2.75) is 6.54 Å². The summed E-state index contributed by atoms with van der Waals surface area (Å²) < 4.78 is 4.96. The van der Waals surface area contributed by atoms with Crippen LogP contribution in [0.3, 0.4) is 0 Å². The molecule has 8 heteroatoms. The van der Waals surface area contributed by atoms with Crippen molar-refractivity contribution in [3.05, 3.63) is 52.1 Å². The van der Waals surface area contributed by atoms with Gasteiger partial charge in [0.2, 0.25) is 5.76 Å². The highest BCUT2D eigenvalue weighted by Crippen LogP contribution is 2.07. The van der Waals surface area contributed by atoms with Gasteiger partial charge in [-0.2, -0.15) is 0 Å². The van der Waals surface area contributed by atoms with E-state index >= 15 is 0 Å². The van der Waals surface area contributed by atoms with Gasteiger partial charge >= 0.3 is 5.97 Å². The van der Waals surface area contributed by atoms with E-state index in [1.165, 1.54) is 18.3 Å². The number of amides is 1. The van der Waals surface area contributed by atoms with E-state index in [2.05, 4.69) is 15.3 Å². The van der Waals surface area contributed by atoms with Gasteiger partial charge in [-0.15, -0.1) is 0 Å². The Morgan fingerprint density at radius 1 is 1.42 bits per heavy atom. The van der Waals surface area contributed by atoms with E-state index in [0.29, 0.717) is 5.76 Å². The molecule has 0 bridgehead atoms. The molecular weight excluding hydrogens is 254 g/mol. The van der Waals surface area contributed by atoms with E-state index in [4.69, 9.17) is 9.52 Å². The van der Waals surface area contributed by atoms with E-state index in [9.17, 15) is 14.4 Å². The molecule has 0 aliphatic carbocycles. The summed E-state index contributed by atoms with van der Waals surface area (Å²) in [6.45, 7) is 0.0208. The molecule has 0 radical (unpaired) electrons. The van der Waals surface area contributed by atoms with Crippen molar-refractivity contribution in [3.8, 4) is 0 Å². The molecular formula is C11H9N3O5. The van der Waals surface area contributed by atoms with E-state index in [1.54, 1.807) is 0 Å². The van der Waals surface area contributed by atoms with Gasteiger partial charge in [0.1, 0.15) is 11.5 Å². The molecule has 0 unspecified atom stereocenters. The van der Waals surface area contributed by atoms with E-state index in [-0.39, 0.29) is 18.0 Å². The van der Waals surface area contributed by atoms with Crippen molar-refractivity contribution in [1.82, 2.24) is 15.3 Å². The Morgan fingerprint density at radius 2 is 2.21 bits per heavy atom. The molecule has 0 aliphatic heterocycles. The lowest BCUT2D eigenvalue weighted by atomic mass is 10.4. The first-order valence-corrected chi connectivity index (χ1v) is 5.21. The summed E-state index contributed by atoms with van der Waals surface area (Å²) in [5, 5.41) is 11.1. The molecule has 3 N–H and O–H groups in total. The molecule has 0 saturated carbocycles. The second-order valence-electron chi connectivity index (χ2n) is 3.55. The summed E-state index contributed by atoms with van der Waals surface area (Å²) in [6.07, 6.45) is 2.17. The molecule has 0 spiro atoms. The van der Waals surface area contributed by atoms with Crippen molar-refractivity contribution >= 4 is 11.9 Å². The number of carboxylic acids is 1. The molecule has 1 amide bonds. The highest BCUT2D eigenvalue weighted by molar-refractivity contribution is 5.91. The maximum atomic E-state index is 11.6. The molecule has 0 saturated heterocycles. The van der Waals surface area contributed by atoms with Crippen LogP contribution in [0.2, 0.25) is 0 Å². The number of aromatic nitrogens is 2. The molecule has 2 rings (SSSR count). The second kappa shape index (κ2) is 5.17. The Labute approximate surface area is 106 Å². The molecule has 2 aromatic heterocycles. The van der Waals surface area contributed by atoms with Crippen molar-refractivity contribution < 1.29 is 19.1 Å².